The summed E-state index contributed by atoms with van der Waals surface area (Å²) in [6.45, 7) is 6.26. The van der Waals surface area contributed by atoms with Gasteiger partial charge in [-0.25, -0.2) is 0 Å². The maximum atomic E-state index is 6.67. The SMILES string of the molecule is COc1ccc(C(Cl)c2cc(C)ccc2C)c(C)c1. The monoisotopic (exact) mass is 274 g/mol. The van der Waals surface area contributed by atoms with Crippen LogP contribution in [0.2, 0.25) is 0 Å². The van der Waals surface area contributed by atoms with Crippen LogP contribution in [0.5, 0.6) is 5.75 Å². The molecule has 2 aromatic carbocycles. The van der Waals surface area contributed by atoms with Crippen LogP contribution in [0.3, 0.4) is 0 Å². The smallest absolute Gasteiger partial charge is 0.119 e. The van der Waals surface area contributed by atoms with E-state index in [2.05, 4.69) is 39.0 Å². The first-order valence-electron chi connectivity index (χ1n) is 6.38. The van der Waals surface area contributed by atoms with Crippen LogP contribution in [0.1, 0.15) is 33.2 Å². The van der Waals surface area contributed by atoms with Crippen molar-refractivity contribution in [1.29, 1.82) is 0 Å². The lowest BCUT2D eigenvalue weighted by Gasteiger charge is -2.17. The third kappa shape index (κ3) is 2.93. The lowest BCUT2D eigenvalue weighted by atomic mass is 9.95. The summed E-state index contributed by atoms with van der Waals surface area (Å²) in [6.07, 6.45) is 0. The van der Waals surface area contributed by atoms with Gasteiger partial charge in [-0.05, 0) is 55.2 Å². The van der Waals surface area contributed by atoms with Crippen molar-refractivity contribution in [2.45, 2.75) is 26.1 Å². The Bertz CT molecular complexity index is 590. The molecule has 100 valence electrons. The maximum absolute atomic E-state index is 6.67. The van der Waals surface area contributed by atoms with Crippen molar-refractivity contribution in [3.8, 4) is 5.75 Å². The van der Waals surface area contributed by atoms with Gasteiger partial charge in [-0.3, -0.25) is 0 Å². The number of halogens is 1. The van der Waals surface area contributed by atoms with Gasteiger partial charge in [-0.1, -0.05) is 29.8 Å². The number of hydrogen-bond donors (Lipinski definition) is 0. The minimum Gasteiger partial charge on any atom is -0.497 e. The van der Waals surface area contributed by atoms with Crippen LogP contribution in [-0.2, 0) is 0 Å². The Hall–Kier alpha value is -1.47. The van der Waals surface area contributed by atoms with Gasteiger partial charge in [0.2, 0.25) is 0 Å². The summed E-state index contributed by atoms with van der Waals surface area (Å²) in [4.78, 5) is 0. The molecule has 1 atom stereocenters. The fourth-order valence-corrected chi connectivity index (χ4v) is 2.74. The largest absolute Gasteiger partial charge is 0.497 e. The molecular weight excluding hydrogens is 256 g/mol. The number of rotatable bonds is 3. The number of ether oxygens (including phenoxy) is 1. The van der Waals surface area contributed by atoms with E-state index in [0.717, 1.165) is 16.9 Å². The predicted octanol–water partition coefficient (Wildman–Crippen LogP) is 4.95. The molecular formula is C17H19ClO. The Morgan fingerprint density at radius 3 is 2.26 bits per heavy atom. The second-order valence-electron chi connectivity index (χ2n) is 4.95. The van der Waals surface area contributed by atoms with Gasteiger partial charge in [-0.15, -0.1) is 11.6 Å². The van der Waals surface area contributed by atoms with Gasteiger partial charge >= 0.3 is 0 Å². The van der Waals surface area contributed by atoms with Crippen molar-refractivity contribution in [3.63, 3.8) is 0 Å². The highest BCUT2D eigenvalue weighted by atomic mass is 35.5. The summed E-state index contributed by atoms with van der Waals surface area (Å²) in [5.74, 6) is 0.867. The molecule has 0 aliphatic heterocycles. The van der Waals surface area contributed by atoms with E-state index in [1.54, 1.807) is 7.11 Å². The molecule has 2 aromatic rings. The second kappa shape index (κ2) is 5.66. The Morgan fingerprint density at radius 1 is 0.895 bits per heavy atom. The van der Waals surface area contributed by atoms with E-state index in [-0.39, 0.29) is 5.38 Å². The maximum Gasteiger partial charge on any atom is 0.119 e. The zero-order valence-corrected chi connectivity index (χ0v) is 12.6. The summed E-state index contributed by atoms with van der Waals surface area (Å²) < 4.78 is 5.24. The van der Waals surface area contributed by atoms with Crippen LogP contribution in [0.4, 0.5) is 0 Å². The molecule has 0 aliphatic rings. The van der Waals surface area contributed by atoms with Gasteiger partial charge in [0.25, 0.3) is 0 Å². The summed E-state index contributed by atoms with van der Waals surface area (Å²) in [5, 5.41) is -0.120. The molecule has 0 aliphatic carbocycles. The number of hydrogen-bond acceptors (Lipinski definition) is 1. The fraction of sp³-hybridized carbons (Fsp3) is 0.294. The number of alkyl halides is 1. The van der Waals surface area contributed by atoms with Crippen molar-refractivity contribution < 1.29 is 4.74 Å². The quantitative estimate of drug-likeness (QED) is 0.720. The molecule has 1 unspecified atom stereocenters. The van der Waals surface area contributed by atoms with Crippen LogP contribution >= 0.6 is 11.6 Å². The normalized spacial score (nSPS) is 12.3. The minimum absolute atomic E-state index is 0.120. The highest BCUT2D eigenvalue weighted by Gasteiger charge is 2.15. The average molecular weight is 275 g/mol. The van der Waals surface area contributed by atoms with Crippen molar-refractivity contribution >= 4 is 11.6 Å². The van der Waals surface area contributed by atoms with E-state index in [0.29, 0.717) is 0 Å². The van der Waals surface area contributed by atoms with Crippen molar-refractivity contribution in [2.75, 3.05) is 7.11 Å². The van der Waals surface area contributed by atoms with Crippen molar-refractivity contribution in [3.05, 3.63) is 64.2 Å². The molecule has 1 nitrogen and oxygen atoms in total. The van der Waals surface area contributed by atoms with Gasteiger partial charge in [0.1, 0.15) is 5.75 Å². The predicted molar refractivity (Wildman–Crippen MR) is 81.3 cm³/mol. The Labute approximate surface area is 120 Å². The molecule has 19 heavy (non-hydrogen) atoms. The Morgan fingerprint density at radius 2 is 1.63 bits per heavy atom. The van der Waals surface area contributed by atoms with Gasteiger partial charge in [0.05, 0.1) is 12.5 Å². The number of aryl methyl sites for hydroxylation is 3. The second-order valence-corrected chi connectivity index (χ2v) is 5.38. The lowest BCUT2D eigenvalue weighted by Crippen LogP contribution is -2.00. The van der Waals surface area contributed by atoms with E-state index < -0.39 is 0 Å². The zero-order valence-electron chi connectivity index (χ0n) is 11.8. The third-order valence-corrected chi connectivity index (χ3v) is 3.93. The van der Waals surface area contributed by atoms with Gasteiger partial charge in [0, 0.05) is 0 Å². The Balaban J connectivity index is 2.43. The number of methoxy groups -OCH3 is 1. The van der Waals surface area contributed by atoms with Gasteiger partial charge in [-0.2, -0.15) is 0 Å². The molecule has 0 spiro atoms. The van der Waals surface area contributed by atoms with Crippen LogP contribution < -0.4 is 4.74 Å². The summed E-state index contributed by atoms with van der Waals surface area (Å²) >= 11 is 6.67. The summed E-state index contributed by atoms with van der Waals surface area (Å²) in [6, 6.07) is 12.4. The summed E-state index contributed by atoms with van der Waals surface area (Å²) in [5.41, 5.74) is 5.92. The minimum atomic E-state index is -0.120. The third-order valence-electron chi connectivity index (χ3n) is 3.46. The number of benzene rings is 2. The Kier molecular flexibility index (Phi) is 4.16. The van der Waals surface area contributed by atoms with E-state index in [1.807, 2.05) is 18.2 Å². The molecule has 0 radical (unpaired) electrons. The van der Waals surface area contributed by atoms with E-state index in [9.17, 15) is 0 Å². The van der Waals surface area contributed by atoms with Crippen molar-refractivity contribution in [1.82, 2.24) is 0 Å². The molecule has 0 N–H and O–H groups in total. The molecule has 2 rings (SSSR count). The molecule has 0 aromatic heterocycles. The molecule has 0 fully saturated rings. The van der Waals surface area contributed by atoms with Gasteiger partial charge in [0.15, 0.2) is 0 Å². The van der Waals surface area contributed by atoms with Crippen LogP contribution in [0.15, 0.2) is 36.4 Å². The van der Waals surface area contributed by atoms with E-state index in [4.69, 9.17) is 16.3 Å². The molecule has 0 bridgehead atoms. The standard InChI is InChI=1S/C17H19ClO/c1-11-5-6-12(2)16(9-11)17(18)15-8-7-14(19-4)10-13(15)3/h5-10,17H,1-4H3. The molecule has 2 heteroatoms. The first-order valence-corrected chi connectivity index (χ1v) is 6.82. The molecule has 0 saturated heterocycles. The highest BCUT2D eigenvalue weighted by molar-refractivity contribution is 6.22. The topological polar surface area (TPSA) is 9.23 Å². The molecule has 0 amide bonds. The summed E-state index contributed by atoms with van der Waals surface area (Å²) in [7, 11) is 1.68. The molecule has 0 heterocycles. The van der Waals surface area contributed by atoms with E-state index >= 15 is 0 Å². The first kappa shape index (κ1) is 14.0. The average Bonchev–Trinajstić information content (AvgIpc) is 2.40. The molecule has 0 saturated carbocycles. The van der Waals surface area contributed by atoms with Crippen molar-refractivity contribution in [2.24, 2.45) is 0 Å². The van der Waals surface area contributed by atoms with Crippen LogP contribution in [-0.4, -0.2) is 7.11 Å². The zero-order chi connectivity index (χ0) is 14.0. The van der Waals surface area contributed by atoms with E-state index in [1.165, 1.54) is 16.7 Å². The van der Waals surface area contributed by atoms with Gasteiger partial charge < -0.3 is 4.74 Å². The lowest BCUT2D eigenvalue weighted by molar-refractivity contribution is 0.414. The fourth-order valence-electron chi connectivity index (χ4n) is 2.26. The van der Waals surface area contributed by atoms with Crippen LogP contribution in [0, 0.1) is 20.8 Å². The first-order chi connectivity index (χ1) is 9.02. The van der Waals surface area contributed by atoms with Crippen LogP contribution in [0.25, 0.3) is 0 Å². The highest BCUT2D eigenvalue weighted by Crippen LogP contribution is 2.34.